The van der Waals surface area contributed by atoms with Gasteiger partial charge in [0.25, 0.3) is 0 Å². The van der Waals surface area contributed by atoms with Gasteiger partial charge in [-0.25, -0.2) is 0 Å². The Hall–Kier alpha value is -0.770. The Morgan fingerprint density at radius 2 is 2.12 bits per heavy atom. The highest BCUT2D eigenvalue weighted by molar-refractivity contribution is 6.30. The second kappa shape index (κ2) is 5.71. The number of rotatable bonds is 5. The first-order valence-electron chi connectivity index (χ1n) is 5.64. The predicted molar refractivity (Wildman–Crippen MR) is 71.1 cm³/mol. The summed E-state index contributed by atoms with van der Waals surface area (Å²) in [5.74, 6) is 0. The summed E-state index contributed by atoms with van der Waals surface area (Å²) >= 11 is 5.81. The van der Waals surface area contributed by atoms with E-state index in [2.05, 4.69) is 0 Å². The molecular formula is C13H20ClNO2. The first-order chi connectivity index (χ1) is 7.85. The predicted octanol–water partition coefficient (Wildman–Crippen LogP) is 3.16. The van der Waals surface area contributed by atoms with Crippen molar-refractivity contribution in [2.24, 2.45) is 0 Å². The van der Waals surface area contributed by atoms with Gasteiger partial charge in [-0.1, -0.05) is 17.7 Å². The minimum Gasteiger partial charge on any atom is -0.398 e. The van der Waals surface area contributed by atoms with E-state index in [0.717, 1.165) is 12.0 Å². The molecule has 1 aromatic carbocycles. The lowest BCUT2D eigenvalue weighted by Gasteiger charge is -2.24. The van der Waals surface area contributed by atoms with Gasteiger partial charge in [0, 0.05) is 23.4 Å². The molecule has 1 aromatic rings. The molecule has 17 heavy (non-hydrogen) atoms. The van der Waals surface area contributed by atoms with E-state index in [9.17, 15) is 5.11 Å². The zero-order valence-corrected chi connectivity index (χ0v) is 11.3. The lowest BCUT2D eigenvalue weighted by molar-refractivity contribution is 0.00285. The molecule has 0 radical (unpaired) electrons. The normalized spacial score (nSPS) is 13.7. The van der Waals surface area contributed by atoms with E-state index in [1.807, 2.05) is 13.8 Å². The smallest absolute Gasteiger partial charge is 0.0811 e. The van der Waals surface area contributed by atoms with Crippen molar-refractivity contribution in [3.05, 3.63) is 28.8 Å². The van der Waals surface area contributed by atoms with E-state index < -0.39 is 6.10 Å². The summed E-state index contributed by atoms with van der Waals surface area (Å²) in [7, 11) is 1.67. The van der Waals surface area contributed by atoms with Crippen molar-refractivity contribution in [2.45, 2.75) is 38.4 Å². The molecule has 0 saturated carbocycles. The topological polar surface area (TPSA) is 55.5 Å². The summed E-state index contributed by atoms with van der Waals surface area (Å²) < 4.78 is 5.31. The third-order valence-corrected chi connectivity index (χ3v) is 3.22. The molecule has 0 spiro atoms. The van der Waals surface area contributed by atoms with E-state index in [1.54, 1.807) is 25.3 Å². The number of aliphatic hydroxyl groups is 1. The summed E-state index contributed by atoms with van der Waals surface area (Å²) in [6.07, 6.45) is 0.779. The molecule has 1 rings (SSSR count). The largest absolute Gasteiger partial charge is 0.398 e. The maximum absolute atomic E-state index is 10.1. The van der Waals surface area contributed by atoms with Crippen LogP contribution in [0.1, 0.15) is 38.4 Å². The number of ether oxygens (including phenoxy) is 1. The van der Waals surface area contributed by atoms with Crippen molar-refractivity contribution in [1.82, 2.24) is 0 Å². The molecule has 0 fully saturated rings. The highest BCUT2D eigenvalue weighted by Crippen LogP contribution is 2.29. The molecule has 0 aliphatic carbocycles. The van der Waals surface area contributed by atoms with Gasteiger partial charge in [0.05, 0.1) is 11.7 Å². The Kier molecular flexibility index (Phi) is 4.80. The molecule has 1 unspecified atom stereocenters. The maximum Gasteiger partial charge on any atom is 0.0811 e. The van der Waals surface area contributed by atoms with Crippen LogP contribution in [-0.4, -0.2) is 17.8 Å². The molecule has 0 aliphatic rings. The summed E-state index contributed by atoms with van der Waals surface area (Å²) in [5, 5.41) is 10.7. The van der Waals surface area contributed by atoms with E-state index in [-0.39, 0.29) is 5.60 Å². The van der Waals surface area contributed by atoms with Gasteiger partial charge in [-0.05, 0) is 38.8 Å². The van der Waals surface area contributed by atoms with E-state index >= 15 is 0 Å². The molecular weight excluding hydrogens is 238 g/mol. The lowest BCUT2D eigenvalue weighted by Crippen LogP contribution is -2.23. The van der Waals surface area contributed by atoms with Crippen LogP contribution in [0.5, 0.6) is 0 Å². The monoisotopic (exact) mass is 257 g/mol. The van der Waals surface area contributed by atoms with Gasteiger partial charge in [0.15, 0.2) is 0 Å². The third-order valence-electron chi connectivity index (χ3n) is 2.98. The zero-order chi connectivity index (χ0) is 13.1. The van der Waals surface area contributed by atoms with Gasteiger partial charge < -0.3 is 15.6 Å². The van der Waals surface area contributed by atoms with E-state index in [4.69, 9.17) is 22.1 Å². The Bertz CT molecular complexity index is 380. The number of halogens is 1. The zero-order valence-electron chi connectivity index (χ0n) is 10.5. The second-order valence-electron chi connectivity index (χ2n) is 4.79. The highest BCUT2D eigenvalue weighted by Gasteiger charge is 2.20. The number of nitrogen functional groups attached to an aromatic ring is 1. The van der Waals surface area contributed by atoms with Crippen molar-refractivity contribution in [3.63, 3.8) is 0 Å². The number of nitrogens with two attached hydrogens (primary N) is 1. The van der Waals surface area contributed by atoms with Crippen molar-refractivity contribution in [1.29, 1.82) is 0 Å². The fourth-order valence-corrected chi connectivity index (χ4v) is 1.77. The number of hydrogen-bond donors (Lipinski definition) is 2. The molecule has 96 valence electrons. The van der Waals surface area contributed by atoms with Crippen molar-refractivity contribution < 1.29 is 9.84 Å². The molecule has 3 nitrogen and oxygen atoms in total. The number of hydrogen-bond acceptors (Lipinski definition) is 3. The molecule has 1 atom stereocenters. The van der Waals surface area contributed by atoms with Crippen LogP contribution in [0.15, 0.2) is 18.2 Å². The average Bonchev–Trinajstić information content (AvgIpc) is 2.26. The van der Waals surface area contributed by atoms with Gasteiger partial charge in [-0.2, -0.15) is 0 Å². The molecule has 0 aromatic heterocycles. The molecule has 3 N–H and O–H groups in total. The molecule has 0 heterocycles. The highest BCUT2D eigenvalue weighted by atomic mass is 35.5. The second-order valence-corrected chi connectivity index (χ2v) is 5.23. The van der Waals surface area contributed by atoms with Crippen LogP contribution in [0.2, 0.25) is 5.02 Å². The van der Waals surface area contributed by atoms with Gasteiger partial charge in [0.2, 0.25) is 0 Å². The Morgan fingerprint density at radius 1 is 1.47 bits per heavy atom. The van der Waals surface area contributed by atoms with Crippen LogP contribution in [0.4, 0.5) is 5.69 Å². The standard InChI is InChI=1S/C13H20ClNO2/c1-13(2,17-3)7-6-12(16)10-5-4-9(14)8-11(10)15/h4-5,8,12,16H,6-7,15H2,1-3H3. The fourth-order valence-electron chi connectivity index (χ4n) is 1.59. The summed E-state index contributed by atoms with van der Waals surface area (Å²) in [6.45, 7) is 3.98. The van der Waals surface area contributed by atoms with E-state index in [0.29, 0.717) is 17.1 Å². The number of methoxy groups -OCH3 is 1. The van der Waals surface area contributed by atoms with Crippen LogP contribution < -0.4 is 5.73 Å². The van der Waals surface area contributed by atoms with Crippen LogP contribution in [0.25, 0.3) is 0 Å². The quantitative estimate of drug-likeness (QED) is 0.797. The Balaban J connectivity index is 2.67. The first kappa shape index (κ1) is 14.3. The number of benzene rings is 1. The summed E-state index contributed by atoms with van der Waals surface area (Å²) in [5.41, 5.74) is 6.84. The number of anilines is 1. The maximum atomic E-state index is 10.1. The van der Waals surface area contributed by atoms with Crippen LogP contribution >= 0.6 is 11.6 Å². The van der Waals surface area contributed by atoms with Crippen LogP contribution in [0, 0.1) is 0 Å². The number of aliphatic hydroxyl groups excluding tert-OH is 1. The fraction of sp³-hybridized carbons (Fsp3) is 0.538. The van der Waals surface area contributed by atoms with Gasteiger partial charge in [-0.3, -0.25) is 0 Å². The van der Waals surface area contributed by atoms with Crippen LogP contribution in [-0.2, 0) is 4.74 Å². The molecule has 0 amide bonds. The first-order valence-corrected chi connectivity index (χ1v) is 6.01. The molecule has 0 bridgehead atoms. The van der Waals surface area contributed by atoms with E-state index in [1.165, 1.54) is 0 Å². The SMILES string of the molecule is COC(C)(C)CCC(O)c1ccc(Cl)cc1N. The van der Waals surface area contributed by atoms with Crippen molar-refractivity contribution in [3.8, 4) is 0 Å². The van der Waals surface area contributed by atoms with Crippen molar-refractivity contribution in [2.75, 3.05) is 12.8 Å². The van der Waals surface area contributed by atoms with Crippen molar-refractivity contribution >= 4 is 17.3 Å². The minimum absolute atomic E-state index is 0.234. The Labute approximate surface area is 108 Å². The van der Waals surface area contributed by atoms with Gasteiger partial charge in [-0.15, -0.1) is 0 Å². The molecule has 0 aliphatic heterocycles. The summed E-state index contributed by atoms with van der Waals surface area (Å²) in [6, 6.07) is 5.15. The van der Waals surface area contributed by atoms with Gasteiger partial charge in [0.1, 0.15) is 0 Å². The minimum atomic E-state index is -0.582. The Morgan fingerprint density at radius 3 is 2.65 bits per heavy atom. The average molecular weight is 258 g/mol. The van der Waals surface area contributed by atoms with Gasteiger partial charge >= 0.3 is 0 Å². The third kappa shape index (κ3) is 4.19. The summed E-state index contributed by atoms with van der Waals surface area (Å²) in [4.78, 5) is 0. The van der Waals surface area contributed by atoms with Crippen LogP contribution in [0.3, 0.4) is 0 Å². The molecule has 0 saturated heterocycles. The lowest BCUT2D eigenvalue weighted by atomic mass is 9.96. The molecule has 4 heteroatoms.